The van der Waals surface area contributed by atoms with E-state index in [1.54, 1.807) is 13.8 Å². The highest BCUT2D eigenvalue weighted by atomic mass is 32.2. The first-order valence-electron chi connectivity index (χ1n) is 6.88. The van der Waals surface area contributed by atoms with Crippen LogP contribution in [0.4, 0.5) is 5.69 Å². The zero-order valence-corrected chi connectivity index (χ0v) is 12.9. The van der Waals surface area contributed by atoms with Gasteiger partial charge in [0.25, 0.3) is 0 Å². The van der Waals surface area contributed by atoms with Gasteiger partial charge < -0.3 is 10.8 Å². The number of nitrogens with two attached hydrogens (primary N) is 1. The normalized spacial score (nSPS) is 15.6. The molecular formula is C14H20N2O4S. The van der Waals surface area contributed by atoms with Crippen LogP contribution in [0.3, 0.4) is 0 Å². The summed E-state index contributed by atoms with van der Waals surface area (Å²) in [6, 6.07) is 3.61. The zero-order valence-electron chi connectivity index (χ0n) is 12.1. The fraction of sp³-hybridized carbons (Fsp3) is 0.500. The average molecular weight is 312 g/mol. The number of aromatic carboxylic acids is 1. The maximum Gasteiger partial charge on any atom is 0.337 e. The summed E-state index contributed by atoms with van der Waals surface area (Å²) in [6.07, 6.45) is 2.03. The summed E-state index contributed by atoms with van der Waals surface area (Å²) in [5.74, 6) is -0.903. The highest BCUT2D eigenvalue weighted by Crippen LogP contribution is 2.33. The van der Waals surface area contributed by atoms with Crippen LogP contribution in [0.1, 0.15) is 37.0 Å². The summed E-state index contributed by atoms with van der Waals surface area (Å²) in [7, 11) is -3.88. The first kappa shape index (κ1) is 15.8. The van der Waals surface area contributed by atoms with Crippen molar-refractivity contribution in [1.82, 2.24) is 4.31 Å². The molecule has 6 nitrogen and oxygen atoms in total. The van der Waals surface area contributed by atoms with E-state index in [1.165, 1.54) is 22.5 Å². The molecule has 2 rings (SSSR count). The third-order valence-electron chi connectivity index (χ3n) is 3.53. The lowest BCUT2D eigenvalue weighted by atomic mass is 10.2. The van der Waals surface area contributed by atoms with Gasteiger partial charge in [-0.1, -0.05) is 0 Å². The molecule has 1 aliphatic carbocycles. The van der Waals surface area contributed by atoms with E-state index in [9.17, 15) is 18.3 Å². The van der Waals surface area contributed by atoms with Crippen LogP contribution in [0.2, 0.25) is 0 Å². The second-order valence-electron chi connectivity index (χ2n) is 5.67. The maximum absolute atomic E-state index is 12.8. The van der Waals surface area contributed by atoms with Crippen LogP contribution in [0.5, 0.6) is 0 Å². The van der Waals surface area contributed by atoms with E-state index < -0.39 is 16.0 Å². The Hall–Kier alpha value is -1.60. The number of anilines is 1. The second kappa shape index (κ2) is 5.65. The van der Waals surface area contributed by atoms with Crippen molar-refractivity contribution in [2.75, 3.05) is 12.3 Å². The zero-order chi connectivity index (χ0) is 15.8. The second-order valence-corrected chi connectivity index (χ2v) is 7.53. The Bertz CT molecular complexity index is 651. The minimum Gasteiger partial charge on any atom is -0.478 e. The van der Waals surface area contributed by atoms with Gasteiger partial charge in [-0.3, -0.25) is 0 Å². The van der Waals surface area contributed by atoms with Crippen molar-refractivity contribution in [3.8, 4) is 0 Å². The molecule has 7 heteroatoms. The molecule has 0 atom stereocenters. The summed E-state index contributed by atoms with van der Waals surface area (Å²) < 4.78 is 27.0. The quantitative estimate of drug-likeness (QED) is 0.780. The van der Waals surface area contributed by atoms with Gasteiger partial charge in [-0.25, -0.2) is 13.2 Å². The number of nitrogens with zero attached hydrogens (tertiary/aromatic N) is 1. The molecule has 1 fully saturated rings. The number of hydrogen-bond acceptors (Lipinski definition) is 4. The van der Waals surface area contributed by atoms with Gasteiger partial charge in [-0.15, -0.1) is 0 Å². The number of carboxylic acids is 1. The monoisotopic (exact) mass is 312 g/mol. The molecule has 0 radical (unpaired) electrons. The predicted molar refractivity (Wildman–Crippen MR) is 79.6 cm³/mol. The highest BCUT2D eigenvalue weighted by Gasteiger charge is 2.35. The van der Waals surface area contributed by atoms with Gasteiger partial charge in [0.05, 0.1) is 10.5 Å². The van der Waals surface area contributed by atoms with Crippen molar-refractivity contribution in [1.29, 1.82) is 0 Å². The number of carbonyl (C=O) groups is 1. The van der Waals surface area contributed by atoms with Crippen LogP contribution in [-0.2, 0) is 10.0 Å². The van der Waals surface area contributed by atoms with Gasteiger partial charge in [-0.2, -0.15) is 4.31 Å². The molecule has 21 heavy (non-hydrogen) atoms. The third kappa shape index (κ3) is 3.36. The molecule has 0 aliphatic heterocycles. The fourth-order valence-corrected chi connectivity index (χ4v) is 4.13. The average Bonchev–Trinajstić information content (AvgIpc) is 3.18. The molecule has 0 amide bonds. The first-order valence-corrected chi connectivity index (χ1v) is 8.32. The van der Waals surface area contributed by atoms with Gasteiger partial charge in [0, 0.05) is 18.3 Å². The van der Waals surface area contributed by atoms with E-state index in [4.69, 9.17) is 5.73 Å². The predicted octanol–water partition coefficient (Wildman–Crippen LogP) is 1.78. The Morgan fingerprint density at radius 1 is 1.43 bits per heavy atom. The Morgan fingerprint density at radius 2 is 2.05 bits per heavy atom. The van der Waals surface area contributed by atoms with Crippen LogP contribution >= 0.6 is 0 Å². The molecule has 0 bridgehead atoms. The van der Waals surface area contributed by atoms with Crippen molar-refractivity contribution in [3.63, 3.8) is 0 Å². The molecule has 0 heterocycles. The number of nitrogen functional groups attached to an aromatic ring is 1. The molecule has 1 aromatic rings. The topological polar surface area (TPSA) is 101 Å². The van der Waals surface area contributed by atoms with E-state index in [0.717, 1.165) is 12.8 Å². The van der Waals surface area contributed by atoms with Crippen LogP contribution in [0.25, 0.3) is 0 Å². The number of carboxylic acid groups (broad SMARTS) is 1. The number of sulfonamides is 1. The summed E-state index contributed by atoms with van der Waals surface area (Å²) in [5.41, 5.74) is 5.62. The Kier molecular flexibility index (Phi) is 4.25. The summed E-state index contributed by atoms with van der Waals surface area (Å²) in [5, 5.41) is 9.21. The van der Waals surface area contributed by atoms with Crippen molar-refractivity contribution >= 4 is 21.7 Å². The van der Waals surface area contributed by atoms with Crippen molar-refractivity contribution in [2.24, 2.45) is 5.92 Å². The van der Waals surface area contributed by atoms with Gasteiger partial charge in [0.15, 0.2) is 0 Å². The largest absolute Gasteiger partial charge is 0.478 e. The Balaban J connectivity index is 2.50. The molecule has 0 spiro atoms. The van der Waals surface area contributed by atoms with E-state index in [-0.39, 0.29) is 22.2 Å². The fourth-order valence-electron chi connectivity index (χ4n) is 2.20. The lowest BCUT2D eigenvalue weighted by molar-refractivity contribution is 0.0692. The van der Waals surface area contributed by atoms with Crippen LogP contribution < -0.4 is 5.73 Å². The molecule has 0 aromatic heterocycles. The standard InChI is InChI=1S/C14H20N2O4S/c1-9(2)16(8-10-3-4-10)21(19,20)13-7-11(15)5-6-12(13)14(17)18/h5-7,9-10H,3-4,8,15H2,1-2H3,(H,17,18). The smallest absolute Gasteiger partial charge is 0.337 e. The third-order valence-corrected chi connectivity index (χ3v) is 5.62. The maximum atomic E-state index is 12.8. The van der Waals surface area contributed by atoms with E-state index >= 15 is 0 Å². The van der Waals surface area contributed by atoms with E-state index in [2.05, 4.69) is 0 Å². The number of rotatable bonds is 6. The highest BCUT2D eigenvalue weighted by molar-refractivity contribution is 7.89. The summed E-state index contributed by atoms with van der Waals surface area (Å²) >= 11 is 0. The Morgan fingerprint density at radius 3 is 2.52 bits per heavy atom. The number of benzene rings is 1. The van der Waals surface area contributed by atoms with Crippen LogP contribution in [-0.4, -0.2) is 36.4 Å². The molecular weight excluding hydrogens is 292 g/mol. The summed E-state index contributed by atoms with van der Waals surface area (Å²) in [4.78, 5) is 11.1. The number of hydrogen-bond donors (Lipinski definition) is 2. The van der Waals surface area contributed by atoms with Crippen LogP contribution in [0.15, 0.2) is 23.1 Å². The molecule has 1 saturated carbocycles. The molecule has 3 N–H and O–H groups in total. The molecule has 1 aromatic carbocycles. The minimum atomic E-state index is -3.88. The summed E-state index contributed by atoms with van der Waals surface area (Å²) in [6.45, 7) is 3.99. The molecule has 0 saturated heterocycles. The van der Waals surface area contributed by atoms with Crippen molar-refractivity contribution < 1.29 is 18.3 Å². The SMILES string of the molecule is CC(C)N(CC1CC1)S(=O)(=O)c1cc(N)ccc1C(=O)O. The van der Waals surface area contributed by atoms with E-state index in [0.29, 0.717) is 12.5 Å². The van der Waals surface area contributed by atoms with Gasteiger partial charge in [0.1, 0.15) is 0 Å². The lowest BCUT2D eigenvalue weighted by Gasteiger charge is -2.26. The van der Waals surface area contributed by atoms with Crippen molar-refractivity contribution in [2.45, 2.75) is 37.6 Å². The van der Waals surface area contributed by atoms with Gasteiger partial charge >= 0.3 is 5.97 Å². The first-order chi connectivity index (χ1) is 9.73. The molecule has 0 unspecified atom stereocenters. The van der Waals surface area contributed by atoms with Gasteiger partial charge in [0.2, 0.25) is 10.0 Å². The molecule has 116 valence electrons. The van der Waals surface area contributed by atoms with Gasteiger partial charge in [-0.05, 0) is 50.8 Å². The molecule has 1 aliphatic rings. The lowest BCUT2D eigenvalue weighted by Crippen LogP contribution is -2.39. The van der Waals surface area contributed by atoms with Crippen LogP contribution in [0, 0.1) is 5.92 Å². The Labute approximate surface area is 124 Å². The van der Waals surface area contributed by atoms with Crippen molar-refractivity contribution in [3.05, 3.63) is 23.8 Å². The van der Waals surface area contributed by atoms with E-state index in [1.807, 2.05) is 0 Å². The minimum absolute atomic E-state index is 0.230.